The Labute approximate surface area is 70.8 Å². The summed E-state index contributed by atoms with van der Waals surface area (Å²) in [6.07, 6.45) is 3.16. The molecule has 0 spiro atoms. The van der Waals surface area contributed by atoms with Crippen molar-refractivity contribution in [3.8, 4) is 0 Å². The lowest BCUT2D eigenvalue weighted by Gasteiger charge is -2.20. The van der Waals surface area contributed by atoms with Gasteiger partial charge in [0.2, 0.25) is 0 Å². The number of carbonyl (C=O) groups is 1. The van der Waals surface area contributed by atoms with E-state index in [4.69, 9.17) is 10.5 Å². The van der Waals surface area contributed by atoms with Gasteiger partial charge in [0.05, 0.1) is 0 Å². The van der Waals surface area contributed by atoms with Crippen molar-refractivity contribution in [1.82, 2.24) is 0 Å². The molecule has 12 heavy (non-hydrogen) atoms. The first kappa shape index (κ1) is 7.58. The Hall–Kier alpha value is -1.06. The summed E-state index contributed by atoms with van der Waals surface area (Å²) in [4.78, 5) is 14.8. The molecule has 1 fully saturated rings. The highest BCUT2D eigenvalue weighted by atomic mass is 16.5. The van der Waals surface area contributed by atoms with Crippen LogP contribution >= 0.6 is 0 Å². The molecule has 2 rings (SSSR count). The molecule has 1 heterocycles. The van der Waals surface area contributed by atoms with Gasteiger partial charge in [-0.15, -0.1) is 0 Å². The van der Waals surface area contributed by atoms with Crippen molar-refractivity contribution >= 4 is 11.9 Å². The van der Waals surface area contributed by atoms with Crippen LogP contribution in [0.2, 0.25) is 0 Å². The van der Waals surface area contributed by atoms with Crippen molar-refractivity contribution in [3.63, 3.8) is 0 Å². The molecule has 4 nitrogen and oxygen atoms in total. The van der Waals surface area contributed by atoms with Crippen LogP contribution in [-0.4, -0.2) is 17.5 Å². The Kier molecular flexibility index (Phi) is 1.40. The number of nitrogens with zero attached hydrogens (tertiary/aromatic N) is 1. The molecule has 0 aromatic heterocycles. The maximum absolute atomic E-state index is 11.3. The van der Waals surface area contributed by atoms with E-state index in [1.165, 1.54) is 12.8 Å². The fourth-order valence-electron chi connectivity index (χ4n) is 1.52. The highest BCUT2D eigenvalue weighted by Crippen LogP contribution is 2.39. The first-order valence-electron chi connectivity index (χ1n) is 4.18. The van der Waals surface area contributed by atoms with Gasteiger partial charge in [-0.05, 0) is 19.3 Å². The number of amides is 1. The molecule has 0 aromatic carbocycles. The van der Waals surface area contributed by atoms with Crippen LogP contribution in [0.15, 0.2) is 4.99 Å². The van der Waals surface area contributed by atoms with Crippen LogP contribution in [0, 0.1) is 5.92 Å². The van der Waals surface area contributed by atoms with E-state index < -0.39 is 5.60 Å². The second-order valence-corrected chi connectivity index (χ2v) is 3.74. The lowest BCUT2D eigenvalue weighted by molar-refractivity contribution is -0.130. The number of rotatable bonds is 2. The monoisotopic (exact) mass is 168 g/mol. The standard InChI is InChI=1S/C8H12N2O2/c1-8(4-5-2-3-5)6(11)10-7(9)12-8/h5H,2-4H2,1H3,(H2,9,10,11). The van der Waals surface area contributed by atoms with Crippen LogP contribution in [0.3, 0.4) is 0 Å². The number of aliphatic imine (C=N–C) groups is 1. The molecule has 1 atom stereocenters. The van der Waals surface area contributed by atoms with Crippen LogP contribution in [0.1, 0.15) is 26.2 Å². The molecule has 1 aliphatic heterocycles. The zero-order chi connectivity index (χ0) is 8.77. The van der Waals surface area contributed by atoms with Crippen LogP contribution < -0.4 is 5.73 Å². The topological polar surface area (TPSA) is 64.7 Å². The number of hydrogen-bond donors (Lipinski definition) is 1. The Bertz CT molecular complexity index is 258. The van der Waals surface area contributed by atoms with Crippen molar-refractivity contribution in [3.05, 3.63) is 0 Å². The van der Waals surface area contributed by atoms with Gasteiger partial charge in [0.15, 0.2) is 5.60 Å². The summed E-state index contributed by atoms with van der Waals surface area (Å²) in [5.41, 5.74) is 4.55. The molecule has 0 saturated heterocycles. The average molecular weight is 168 g/mol. The Morgan fingerprint density at radius 2 is 2.42 bits per heavy atom. The van der Waals surface area contributed by atoms with Crippen LogP contribution in [0.5, 0.6) is 0 Å². The highest BCUT2D eigenvalue weighted by molar-refractivity contribution is 6.00. The van der Waals surface area contributed by atoms with Crippen molar-refractivity contribution in [2.24, 2.45) is 16.6 Å². The third-order valence-corrected chi connectivity index (χ3v) is 2.37. The predicted molar refractivity (Wildman–Crippen MR) is 43.5 cm³/mol. The lowest BCUT2D eigenvalue weighted by atomic mass is 9.99. The van der Waals surface area contributed by atoms with Gasteiger partial charge in [0, 0.05) is 0 Å². The second kappa shape index (κ2) is 2.21. The van der Waals surface area contributed by atoms with Crippen molar-refractivity contribution in [2.45, 2.75) is 31.8 Å². The van der Waals surface area contributed by atoms with Gasteiger partial charge in [-0.2, -0.15) is 4.99 Å². The number of amidine groups is 1. The van der Waals surface area contributed by atoms with Crippen LogP contribution in [0.25, 0.3) is 0 Å². The van der Waals surface area contributed by atoms with Gasteiger partial charge in [-0.25, -0.2) is 0 Å². The quantitative estimate of drug-likeness (QED) is 0.649. The second-order valence-electron chi connectivity index (χ2n) is 3.74. The molecule has 1 unspecified atom stereocenters. The summed E-state index contributed by atoms with van der Waals surface area (Å²) < 4.78 is 5.19. The predicted octanol–water partition coefficient (Wildman–Crippen LogP) is 0.417. The molecule has 1 amide bonds. The molecule has 66 valence electrons. The Balaban J connectivity index is 2.06. The van der Waals surface area contributed by atoms with Crippen LogP contribution in [-0.2, 0) is 9.53 Å². The maximum Gasteiger partial charge on any atom is 0.294 e. The molecular weight excluding hydrogens is 156 g/mol. The summed E-state index contributed by atoms with van der Waals surface area (Å²) >= 11 is 0. The maximum atomic E-state index is 11.3. The summed E-state index contributed by atoms with van der Waals surface area (Å²) in [5, 5.41) is 0. The third-order valence-electron chi connectivity index (χ3n) is 2.37. The Morgan fingerprint density at radius 1 is 1.75 bits per heavy atom. The fourth-order valence-corrected chi connectivity index (χ4v) is 1.52. The zero-order valence-corrected chi connectivity index (χ0v) is 7.04. The minimum atomic E-state index is -0.759. The molecular formula is C8H12N2O2. The minimum Gasteiger partial charge on any atom is -0.449 e. The van der Waals surface area contributed by atoms with Gasteiger partial charge >= 0.3 is 0 Å². The SMILES string of the molecule is CC1(CC2CC2)OC(N)=NC1=O. The van der Waals surface area contributed by atoms with E-state index in [9.17, 15) is 4.79 Å². The highest BCUT2D eigenvalue weighted by Gasteiger charge is 2.45. The van der Waals surface area contributed by atoms with Gasteiger partial charge in [0.25, 0.3) is 11.9 Å². The third kappa shape index (κ3) is 1.17. The van der Waals surface area contributed by atoms with E-state index in [-0.39, 0.29) is 11.9 Å². The van der Waals surface area contributed by atoms with Gasteiger partial charge in [-0.1, -0.05) is 12.8 Å². The largest absolute Gasteiger partial charge is 0.449 e. The summed E-state index contributed by atoms with van der Waals surface area (Å²) in [7, 11) is 0. The molecule has 4 heteroatoms. The van der Waals surface area contributed by atoms with Gasteiger partial charge < -0.3 is 10.5 Å². The van der Waals surface area contributed by atoms with Gasteiger partial charge in [-0.3, -0.25) is 4.79 Å². The van der Waals surface area contributed by atoms with E-state index in [0.29, 0.717) is 5.92 Å². The summed E-state index contributed by atoms with van der Waals surface area (Å²) in [6, 6.07) is 0.0168. The molecule has 2 N–H and O–H groups in total. The van der Waals surface area contributed by atoms with E-state index >= 15 is 0 Å². The molecule has 1 saturated carbocycles. The minimum absolute atomic E-state index is 0.0168. The van der Waals surface area contributed by atoms with Crippen LogP contribution in [0.4, 0.5) is 0 Å². The molecule has 2 aliphatic rings. The first-order valence-corrected chi connectivity index (χ1v) is 4.18. The lowest BCUT2D eigenvalue weighted by Crippen LogP contribution is -2.35. The van der Waals surface area contributed by atoms with Crippen molar-refractivity contribution < 1.29 is 9.53 Å². The van der Waals surface area contributed by atoms with Crippen molar-refractivity contribution in [1.29, 1.82) is 0 Å². The number of hydrogen-bond acceptors (Lipinski definition) is 3. The van der Waals surface area contributed by atoms with E-state index in [0.717, 1.165) is 6.42 Å². The zero-order valence-electron chi connectivity index (χ0n) is 7.04. The first-order chi connectivity index (χ1) is 5.60. The molecule has 0 bridgehead atoms. The number of nitrogens with two attached hydrogens (primary N) is 1. The molecule has 0 aromatic rings. The number of carbonyl (C=O) groups excluding carboxylic acids is 1. The molecule has 1 aliphatic carbocycles. The van der Waals surface area contributed by atoms with Gasteiger partial charge in [0.1, 0.15) is 0 Å². The Morgan fingerprint density at radius 3 is 2.83 bits per heavy atom. The van der Waals surface area contributed by atoms with E-state index in [1.807, 2.05) is 0 Å². The summed E-state index contributed by atoms with van der Waals surface area (Å²) in [6.45, 7) is 1.76. The van der Waals surface area contributed by atoms with E-state index in [1.54, 1.807) is 6.92 Å². The normalized spacial score (nSPS) is 34.8. The average Bonchev–Trinajstić information content (AvgIpc) is 2.65. The number of ether oxygens (including phenoxy) is 1. The molecule has 0 radical (unpaired) electrons. The van der Waals surface area contributed by atoms with Crippen molar-refractivity contribution in [2.75, 3.05) is 0 Å². The smallest absolute Gasteiger partial charge is 0.294 e. The fraction of sp³-hybridized carbons (Fsp3) is 0.750. The van der Waals surface area contributed by atoms with E-state index in [2.05, 4.69) is 4.99 Å². The summed E-state index contributed by atoms with van der Waals surface area (Å²) in [5.74, 6) is 0.409.